The average Bonchev–Trinajstić information content (AvgIpc) is 2.33. The molecule has 0 aliphatic rings. The molecular formula is C14H11BrO2. The number of halogens is 1. The van der Waals surface area contributed by atoms with E-state index < -0.39 is 5.97 Å². The Morgan fingerprint density at radius 2 is 1.88 bits per heavy atom. The first-order chi connectivity index (χ1) is 8.09. The number of hydrogen-bond donors (Lipinski definition) is 1. The highest BCUT2D eigenvalue weighted by molar-refractivity contribution is 9.10. The predicted molar refractivity (Wildman–Crippen MR) is 71.3 cm³/mol. The topological polar surface area (TPSA) is 37.3 Å². The molecule has 0 spiro atoms. The standard InChI is InChI=1S/C14H11BrO2/c1-9-4-2-7-12(13(9)15)10-5-3-6-11(8-10)14(16)17/h2-8H,1H3,(H,16,17). The summed E-state index contributed by atoms with van der Waals surface area (Å²) in [4.78, 5) is 10.9. The molecule has 2 aromatic rings. The zero-order valence-electron chi connectivity index (χ0n) is 9.27. The highest BCUT2D eigenvalue weighted by atomic mass is 79.9. The highest BCUT2D eigenvalue weighted by Crippen LogP contribution is 2.31. The number of carbonyl (C=O) groups is 1. The molecule has 0 aliphatic carbocycles. The summed E-state index contributed by atoms with van der Waals surface area (Å²) < 4.78 is 1.00. The van der Waals surface area contributed by atoms with Gasteiger partial charge in [0.1, 0.15) is 0 Å². The van der Waals surface area contributed by atoms with Crippen molar-refractivity contribution in [1.29, 1.82) is 0 Å². The molecule has 0 fully saturated rings. The molecule has 0 aromatic heterocycles. The Labute approximate surface area is 108 Å². The third-order valence-corrected chi connectivity index (χ3v) is 3.66. The van der Waals surface area contributed by atoms with Gasteiger partial charge >= 0.3 is 5.97 Å². The zero-order chi connectivity index (χ0) is 12.4. The lowest BCUT2D eigenvalue weighted by molar-refractivity contribution is 0.0697. The Balaban J connectivity index is 2.57. The summed E-state index contributed by atoms with van der Waals surface area (Å²) >= 11 is 3.53. The maximum Gasteiger partial charge on any atom is 0.335 e. The van der Waals surface area contributed by atoms with Gasteiger partial charge in [0.05, 0.1) is 5.56 Å². The lowest BCUT2D eigenvalue weighted by Crippen LogP contribution is -1.96. The van der Waals surface area contributed by atoms with E-state index in [4.69, 9.17) is 5.11 Å². The van der Waals surface area contributed by atoms with Gasteiger partial charge < -0.3 is 5.11 Å². The Morgan fingerprint density at radius 3 is 2.59 bits per heavy atom. The summed E-state index contributed by atoms with van der Waals surface area (Å²) in [6, 6.07) is 12.9. The van der Waals surface area contributed by atoms with E-state index in [-0.39, 0.29) is 0 Å². The van der Waals surface area contributed by atoms with Gasteiger partial charge in [-0.1, -0.05) is 30.3 Å². The van der Waals surface area contributed by atoms with Crippen molar-refractivity contribution in [1.82, 2.24) is 0 Å². The molecule has 3 heteroatoms. The van der Waals surface area contributed by atoms with Crippen LogP contribution in [0.25, 0.3) is 11.1 Å². The van der Waals surface area contributed by atoms with Crippen molar-refractivity contribution in [3.8, 4) is 11.1 Å². The van der Waals surface area contributed by atoms with Crippen molar-refractivity contribution in [2.75, 3.05) is 0 Å². The van der Waals surface area contributed by atoms with Crippen LogP contribution in [0.3, 0.4) is 0 Å². The maximum atomic E-state index is 10.9. The monoisotopic (exact) mass is 290 g/mol. The number of benzene rings is 2. The molecule has 2 nitrogen and oxygen atoms in total. The molecule has 0 atom stereocenters. The van der Waals surface area contributed by atoms with Crippen molar-refractivity contribution >= 4 is 21.9 Å². The normalized spacial score (nSPS) is 10.2. The molecule has 2 aromatic carbocycles. The van der Waals surface area contributed by atoms with Crippen molar-refractivity contribution < 1.29 is 9.90 Å². The van der Waals surface area contributed by atoms with Gasteiger partial charge in [0, 0.05) is 4.47 Å². The molecule has 0 saturated heterocycles. The van der Waals surface area contributed by atoms with Crippen LogP contribution < -0.4 is 0 Å². The number of hydrogen-bond acceptors (Lipinski definition) is 1. The van der Waals surface area contributed by atoms with Crippen LogP contribution in [0.2, 0.25) is 0 Å². The number of aryl methyl sites for hydroxylation is 1. The Bertz CT molecular complexity index is 576. The van der Waals surface area contributed by atoms with Crippen LogP contribution in [0.4, 0.5) is 0 Å². The average molecular weight is 291 g/mol. The summed E-state index contributed by atoms with van der Waals surface area (Å²) in [6.45, 7) is 2.01. The van der Waals surface area contributed by atoms with Gasteiger partial charge in [0.2, 0.25) is 0 Å². The van der Waals surface area contributed by atoms with Gasteiger partial charge in [-0.25, -0.2) is 4.79 Å². The number of aromatic carboxylic acids is 1. The van der Waals surface area contributed by atoms with Crippen LogP contribution in [-0.4, -0.2) is 11.1 Å². The molecule has 2 rings (SSSR count). The fourth-order valence-electron chi connectivity index (χ4n) is 1.69. The Kier molecular flexibility index (Phi) is 3.29. The van der Waals surface area contributed by atoms with Gasteiger partial charge in [-0.2, -0.15) is 0 Å². The van der Waals surface area contributed by atoms with Crippen LogP contribution in [0.1, 0.15) is 15.9 Å². The molecule has 0 heterocycles. The number of rotatable bonds is 2. The van der Waals surface area contributed by atoms with Crippen LogP contribution in [0.15, 0.2) is 46.9 Å². The van der Waals surface area contributed by atoms with E-state index in [0.717, 1.165) is 21.2 Å². The van der Waals surface area contributed by atoms with Crippen LogP contribution in [0, 0.1) is 6.92 Å². The lowest BCUT2D eigenvalue weighted by atomic mass is 10.0. The quantitative estimate of drug-likeness (QED) is 0.903. The van der Waals surface area contributed by atoms with E-state index in [1.807, 2.05) is 31.2 Å². The predicted octanol–water partition coefficient (Wildman–Crippen LogP) is 4.12. The molecule has 1 N–H and O–H groups in total. The zero-order valence-corrected chi connectivity index (χ0v) is 10.9. The first-order valence-electron chi connectivity index (χ1n) is 5.18. The van der Waals surface area contributed by atoms with Crippen LogP contribution in [0.5, 0.6) is 0 Å². The fraction of sp³-hybridized carbons (Fsp3) is 0.0714. The summed E-state index contributed by atoms with van der Waals surface area (Å²) in [5, 5.41) is 8.97. The largest absolute Gasteiger partial charge is 0.478 e. The second-order valence-electron chi connectivity index (χ2n) is 3.82. The molecule has 0 radical (unpaired) electrons. The van der Waals surface area contributed by atoms with Gasteiger partial charge in [-0.05, 0) is 51.7 Å². The van der Waals surface area contributed by atoms with E-state index in [1.54, 1.807) is 18.2 Å². The maximum absolute atomic E-state index is 10.9. The van der Waals surface area contributed by atoms with Crippen LogP contribution >= 0.6 is 15.9 Å². The highest BCUT2D eigenvalue weighted by Gasteiger charge is 2.08. The Hall–Kier alpha value is -1.61. The molecule has 0 saturated carbocycles. The first-order valence-corrected chi connectivity index (χ1v) is 5.98. The molecule has 0 aliphatic heterocycles. The molecular weight excluding hydrogens is 280 g/mol. The van der Waals surface area contributed by atoms with Gasteiger partial charge in [0.25, 0.3) is 0 Å². The molecule has 17 heavy (non-hydrogen) atoms. The summed E-state index contributed by atoms with van der Waals surface area (Å²) in [7, 11) is 0. The smallest absolute Gasteiger partial charge is 0.335 e. The minimum absolute atomic E-state index is 0.302. The van der Waals surface area contributed by atoms with E-state index in [2.05, 4.69) is 15.9 Å². The van der Waals surface area contributed by atoms with E-state index in [9.17, 15) is 4.79 Å². The number of carboxylic acids is 1. The first kappa shape index (κ1) is 11.9. The summed E-state index contributed by atoms with van der Waals surface area (Å²) in [5.74, 6) is -0.907. The van der Waals surface area contributed by atoms with Crippen LogP contribution in [-0.2, 0) is 0 Å². The van der Waals surface area contributed by atoms with E-state index in [0.29, 0.717) is 5.56 Å². The van der Waals surface area contributed by atoms with E-state index >= 15 is 0 Å². The molecule has 0 unspecified atom stereocenters. The molecule has 86 valence electrons. The van der Waals surface area contributed by atoms with Crippen molar-refractivity contribution in [2.24, 2.45) is 0 Å². The minimum atomic E-state index is -0.907. The second-order valence-corrected chi connectivity index (χ2v) is 4.62. The lowest BCUT2D eigenvalue weighted by Gasteiger charge is -2.07. The van der Waals surface area contributed by atoms with Crippen molar-refractivity contribution in [3.05, 3.63) is 58.1 Å². The van der Waals surface area contributed by atoms with Gasteiger partial charge in [-0.15, -0.1) is 0 Å². The SMILES string of the molecule is Cc1cccc(-c2cccc(C(=O)O)c2)c1Br. The minimum Gasteiger partial charge on any atom is -0.478 e. The van der Waals surface area contributed by atoms with Gasteiger partial charge in [0.15, 0.2) is 0 Å². The molecule has 0 amide bonds. The fourth-order valence-corrected chi connectivity index (χ4v) is 2.18. The van der Waals surface area contributed by atoms with E-state index in [1.165, 1.54) is 0 Å². The number of carboxylic acid groups (broad SMARTS) is 1. The third-order valence-electron chi connectivity index (χ3n) is 2.61. The summed E-state index contributed by atoms with van der Waals surface area (Å²) in [6.07, 6.45) is 0. The van der Waals surface area contributed by atoms with Gasteiger partial charge in [-0.3, -0.25) is 0 Å². The van der Waals surface area contributed by atoms with Crippen molar-refractivity contribution in [3.63, 3.8) is 0 Å². The second kappa shape index (κ2) is 4.72. The summed E-state index contributed by atoms with van der Waals surface area (Å²) in [5.41, 5.74) is 3.34. The molecule has 0 bridgehead atoms. The Morgan fingerprint density at radius 1 is 1.18 bits per heavy atom. The van der Waals surface area contributed by atoms with Crippen molar-refractivity contribution in [2.45, 2.75) is 6.92 Å². The third kappa shape index (κ3) is 2.39.